The summed E-state index contributed by atoms with van der Waals surface area (Å²) in [6.07, 6.45) is 11.0. The summed E-state index contributed by atoms with van der Waals surface area (Å²) in [5.74, 6) is 2.68. The summed E-state index contributed by atoms with van der Waals surface area (Å²) in [6, 6.07) is 13.3. The van der Waals surface area contributed by atoms with Crippen molar-refractivity contribution >= 4 is 86.0 Å². The molecule has 2 aromatic carbocycles. The van der Waals surface area contributed by atoms with Gasteiger partial charge in [0.15, 0.2) is 54.0 Å². The predicted octanol–water partition coefficient (Wildman–Crippen LogP) is 12.3. The lowest BCUT2D eigenvalue weighted by molar-refractivity contribution is 0.0860. The van der Waals surface area contributed by atoms with Crippen LogP contribution in [0.5, 0.6) is 23.0 Å². The minimum atomic E-state index is -1.90. The van der Waals surface area contributed by atoms with Gasteiger partial charge in [0.05, 0.1) is 67.6 Å². The van der Waals surface area contributed by atoms with Crippen LogP contribution >= 0.6 is 38.5 Å². The number of rotatable bonds is 11. The fraction of sp³-hybridized carbons (Fsp3) is 0.354. The maximum atomic E-state index is 12.6. The monoisotopic (exact) mass is 1070 g/mol. The van der Waals surface area contributed by atoms with Crippen LogP contribution in [0.15, 0.2) is 84.2 Å². The normalized spacial score (nSPS) is 11.8. The SMILES string of the molecule is Brc1cnc2[nH]ccc2n1.COc1ccc(-c2cnc3[nH]cc(C(=O)C(C)(C)C)c3n2)cc1OC.COc1ccc(-c2cnc3c(n2)c(I)cn3[Si](C(C)C)(C(C)C)C(C)C)cc1OC. The van der Waals surface area contributed by atoms with Crippen LogP contribution in [0.25, 0.3) is 56.0 Å². The first-order valence-electron chi connectivity index (χ1n) is 21.2. The van der Waals surface area contributed by atoms with Gasteiger partial charge >= 0.3 is 0 Å². The molecule has 0 bridgehead atoms. The molecule has 6 aromatic heterocycles. The van der Waals surface area contributed by atoms with Crippen molar-refractivity contribution in [3.05, 3.63) is 93.4 Å². The van der Waals surface area contributed by atoms with Crippen molar-refractivity contribution in [1.82, 2.24) is 44.1 Å². The molecule has 14 nitrogen and oxygen atoms in total. The maximum absolute atomic E-state index is 12.6. The van der Waals surface area contributed by atoms with Crippen LogP contribution in [0.1, 0.15) is 72.7 Å². The van der Waals surface area contributed by atoms with Gasteiger partial charge in [-0.05, 0) is 97.6 Å². The molecule has 2 N–H and O–H groups in total. The Bertz CT molecular complexity index is 2920. The van der Waals surface area contributed by atoms with Crippen molar-refractivity contribution in [3.8, 4) is 45.5 Å². The van der Waals surface area contributed by atoms with Crippen LogP contribution in [-0.2, 0) is 0 Å². The van der Waals surface area contributed by atoms with E-state index in [1.54, 1.807) is 47.0 Å². The number of benzene rings is 2. The van der Waals surface area contributed by atoms with E-state index in [2.05, 4.69) is 120 Å². The summed E-state index contributed by atoms with van der Waals surface area (Å²) in [5, 5.41) is 0. The summed E-state index contributed by atoms with van der Waals surface area (Å²) in [6.45, 7) is 19.9. The molecule has 0 unspecified atom stereocenters. The summed E-state index contributed by atoms with van der Waals surface area (Å²) >= 11 is 5.63. The lowest BCUT2D eigenvalue weighted by Gasteiger charge is -2.44. The number of aromatic nitrogens is 9. The fourth-order valence-electron chi connectivity index (χ4n) is 8.63. The number of halogens is 2. The number of Topliss-reactive ketones (excluding diaryl/α,β-unsaturated/α-hetero) is 1. The predicted molar refractivity (Wildman–Crippen MR) is 273 cm³/mol. The molecule has 65 heavy (non-hydrogen) atoms. The minimum Gasteiger partial charge on any atom is -0.493 e. The molecular formula is C48H57BrIN9O5Si. The quantitative estimate of drug-likeness (QED) is 0.0718. The number of fused-ring (bicyclic) bond motifs is 3. The third-order valence-corrected chi connectivity index (χ3v) is 19.4. The van der Waals surface area contributed by atoms with Crippen LogP contribution in [0.4, 0.5) is 0 Å². The van der Waals surface area contributed by atoms with Crippen molar-refractivity contribution in [2.75, 3.05) is 28.4 Å². The number of nitrogens with one attached hydrogen (secondary N) is 2. The van der Waals surface area contributed by atoms with E-state index in [1.807, 2.05) is 75.6 Å². The van der Waals surface area contributed by atoms with Crippen LogP contribution in [-0.4, -0.2) is 86.6 Å². The Balaban J connectivity index is 0.000000179. The van der Waals surface area contributed by atoms with Gasteiger partial charge in [-0.3, -0.25) is 4.79 Å². The van der Waals surface area contributed by atoms with Crippen LogP contribution in [0.2, 0.25) is 16.6 Å². The summed E-state index contributed by atoms with van der Waals surface area (Å²) in [7, 11) is 4.57. The molecule has 0 aliphatic heterocycles. The number of hydrogen-bond donors (Lipinski definition) is 2. The fourth-order valence-corrected chi connectivity index (χ4v) is 16.4. The average molecular weight is 1070 g/mol. The number of ether oxygens (including phenoxy) is 4. The second kappa shape index (κ2) is 20.4. The highest BCUT2D eigenvalue weighted by molar-refractivity contribution is 14.1. The first-order chi connectivity index (χ1) is 30.9. The topological polar surface area (TPSA) is 168 Å². The molecular weight excluding hydrogens is 1020 g/mol. The van der Waals surface area contributed by atoms with E-state index < -0.39 is 13.7 Å². The van der Waals surface area contributed by atoms with Gasteiger partial charge in [0.2, 0.25) is 0 Å². The molecule has 0 aliphatic rings. The number of H-pyrrole nitrogens is 2. The number of ketones is 1. The molecule has 8 aromatic rings. The molecule has 0 atom stereocenters. The van der Waals surface area contributed by atoms with Crippen molar-refractivity contribution < 1.29 is 23.7 Å². The number of aromatic amines is 2. The van der Waals surface area contributed by atoms with E-state index >= 15 is 0 Å². The summed E-state index contributed by atoms with van der Waals surface area (Å²) in [4.78, 5) is 45.9. The average Bonchev–Trinajstić information content (AvgIpc) is 4.02. The van der Waals surface area contributed by atoms with Crippen molar-refractivity contribution in [3.63, 3.8) is 0 Å². The number of methoxy groups -OCH3 is 4. The van der Waals surface area contributed by atoms with Crippen molar-refractivity contribution in [1.29, 1.82) is 0 Å². The first-order valence-corrected chi connectivity index (χ1v) is 25.3. The summed E-state index contributed by atoms with van der Waals surface area (Å²) in [5.41, 5.74) is 10.0. The molecule has 0 spiro atoms. The zero-order valence-electron chi connectivity index (χ0n) is 39.2. The highest BCUT2D eigenvalue weighted by atomic mass is 127. The lowest BCUT2D eigenvalue weighted by Crippen LogP contribution is -2.51. The lowest BCUT2D eigenvalue weighted by atomic mass is 9.87. The van der Waals surface area contributed by atoms with Gasteiger partial charge < -0.3 is 33.1 Å². The van der Waals surface area contributed by atoms with Gasteiger partial charge in [-0.15, -0.1) is 0 Å². The Morgan fingerprint density at radius 1 is 0.692 bits per heavy atom. The Labute approximate surface area is 403 Å². The highest BCUT2D eigenvalue weighted by Crippen LogP contribution is 2.45. The van der Waals surface area contributed by atoms with E-state index in [0.29, 0.717) is 62.0 Å². The Morgan fingerprint density at radius 3 is 1.74 bits per heavy atom. The van der Waals surface area contributed by atoms with Crippen molar-refractivity contribution in [2.45, 2.75) is 78.9 Å². The van der Waals surface area contributed by atoms with Crippen LogP contribution in [0, 0.1) is 8.99 Å². The van der Waals surface area contributed by atoms with Crippen LogP contribution < -0.4 is 18.9 Å². The van der Waals surface area contributed by atoms with Gasteiger partial charge in [-0.2, -0.15) is 0 Å². The first kappa shape index (κ1) is 49.0. The Kier molecular flexibility index (Phi) is 15.4. The number of nitrogens with zero attached hydrogens (tertiary/aromatic N) is 7. The molecule has 0 fully saturated rings. The van der Waals surface area contributed by atoms with Gasteiger partial charge in [0, 0.05) is 35.1 Å². The number of carbonyl (C=O) groups is 1. The maximum Gasteiger partial charge on any atom is 0.171 e. The third-order valence-electron chi connectivity index (χ3n) is 11.5. The molecule has 0 saturated heterocycles. The van der Waals surface area contributed by atoms with E-state index in [1.165, 1.54) is 0 Å². The molecule has 0 radical (unpaired) electrons. The van der Waals surface area contributed by atoms with Gasteiger partial charge in [0.25, 0.3) is 0 Å². The van der Waals surface area contributed by atoms with Crippen molar-refractivity contribution in [2.24, 2.45) is 5.41 Å². The van der Waals surface area contributed by atoms with Gasteiger partial charge in [-0.25, -0.2) is 29.9 Å². The second-order valence-electron chi connectivity index (χ2n) is 17.4. The number of hydrogen-bond acceptors (Lipinski definition) is 11. The highest BCUT2D eigenvalue weighted by Gasteiger charge is 2.46. The van der Waals surface area contributed by atoms with Gasteiger partial charge in [-0.1, -0.05) is 62.3 Å². The largest absolute Gasteiger partial charge is 0.493 e. The molecule has 6 heterocycles. The number of carbonyl (C=O) groups excluding carboxylic acids is 1. The summed E-state index contributed by atoms with van der Waals surface area (Å²) < 4.78 is 25.9. The zero-order valence-corrected chi connectivity index (χ0v) is 43.9. The molecule has 8 rings (SSSR count). The molecule has 0 saturated carbocycles. The van der Waals surface area contributed by atoms with E-state index in [4.69, 9.17) is 28.9 Å². The zero-order chi connectivity index (χ0) is 47.4. The second-order valence-corrected chi connectivity index (χ2v) is 25.1. The van der Waals surface area contributed by atoms with E-state index in [-0.39, 0.29) is 5.78 Å². The third kappa shape index (κ3) is 10.1. The van der Waals surface area contributed by atoms with E-state index in [0.717, 1.165) is 47.3 Å². The van der Waals surface area contributed by atoms with E-state index in [9.17, 15) is 4.79 Å². The van der Waals surface area contributed by atoms with Crippen LogP contribution in [0.3, 0.4) is 0 Å². The molecule has 17 heteroatoms. The smallest absolute Gasteiger partial charge is 0.171 e. The Morgan fingerprint density at radius 2 is 1.22 bits per heavy atom. The van der Waals surface area contributed by atoms with Gasteiger partial charge in [0.1, 0.15) is 21.2 Å². The Hall–Kier alpha value is -5.40. The minimum absolute atomic E-state index is 0.0255. The molecule has 342 valence electrons. The standard InChI is InChI=1S/C23H32IN3O2Si.C19H21N3O3.C6H4BrN3/c1-14(2)30(15(3)4,16(5)6)27-13-18(24)22-23(27)25-12-19(26-22)17-9-10-20(28-7)21(11-17)29-8;1-19(2,3)17(23)12-9-20-18-16(12)22-13(10-21-18)11-6-7-14(24-4)15(8-11)25-5;7-5-3-9-6-4(10-5)1-2-8-6/h9-16H,1-8H3;6-10H,1-5H3,(H,20,21);1-3H,(H,8,9). The molecule has 0 amide bonds. The molecule has 0 aliphatic carbocycles.